The minimum absolute atomic E-state index is 0.00483. The highest BCUT2D eigenvalue weighted by atomic mass is 15.2. The predicted molar refractivity (Wildman–Crippen MR) is 321 cm³/mol. The Bertz CT molecular complexity index is 3480. The maximum absolute atomic E-state index is 2.63. The second-order valence-electron chi connectivity index (χ2n) is 24.8. The second kappa shape index (κ2) is 18.1. The molecule has 9 aromatic carbocycles. The molecule has 4 heteroatoms. The Morgan fingerprint density at radius 2 is 0.784 bits per heavy atom. The van der Waals surface area contributed by atoms with Gasteiger partial charge in [0.2, 0.25) is 0 Å². The SMILES string of the molecule is CC(C)(C)c1ccc(N2c3cc(N(c4ccccc4)c4ccccc4)ccc3B3c4cc(C(C)(C)C)ccc4N(c4ccc(C(C)(C)C)cc4-c4ccc(-c5ccccc5)cc4)c4cc(C(C)(C)C)cc2c43)cc1. The van der Waals surface area contributed by atoms with Crippen LogP contribution in [0.4, 0.5) is 51.2 Å². The molecular formula is C70H70BN3. The smallest absolute Gasteiger partial charge is 0.252 e. The van der Waals surface area contributed by atoms with Crippen LogP contribution in [-0.2, 0) is 21.7 Å². The molecule has 0 fully saturated rings. The lowest BCUT2D eigenvalue weighted by molar-refractivity contribution is 0.589. The van der Waals surface area contributed by atoms with Gasteiger partial charge in [0, 0.05) is 51.1 Å². The van der Waals surface area contributed by atoms with Crippen molar-refractivity contribution >= 4 is 74.3 Å². The Hall–Kier alpha value is -7.56. The standard InChI is InChI=1S/C70H70BN3/c1-67(2,3)50-32-36-56(37-33-50)73-63-46-57(72(54-24-18-14-19-25-54)55-26-20-15-21-27-55)38-39-59(63)71-60-43-52(69(7,8)9)35-41-62(60)74(65-45-53(70(10,11)12)44-64(73)66(65)71)61-40-34-51(68(4,5)6)42-58(61)49-30-28-48(29-31-49)47-22-16-13-17-23-47/h13-46H,1-12H3. The fraction of sp³-hybridized carbons (Fsp3) is 0.229. The molecule has 0 saturated carbocycles. The first-order chi connectivity index (χ1) is 35.2. The van der Waals surface area contributed by atoms with Crippen molar-refractivity contribution in [3.63, 3.8) is 0 Å². The largest absolute Gasteiger partial charge is 0.311 e. The molecule has 0 spiro atoms. The molecule has 2 aliphatic rings. The van der Waals surface area contributed by atoms with Gasteiger partial charge in [-0.3, -0.25) is 0 Å². The third kappa shape index (κ3) is 8.83. The van der Waals surface area contributed by atoms with Gasteiger partial charge in [-0.1, -0.05) is 210 Å². The molecule has 2 aliphatic heterocycles. The molecule has 3 nitrogen and oxygen atoms in total. The molecule has 0 unspecified atom stereocenters. The van der Waals surface area contributed by atoms with Crippen molar-refractivity contribution in [2.24, 2.45) is 0 Å². The van der Waals surface area contributed by atoms with Gasteiger partial charge in [-0.2, -0.15) is 0 Å². The molecule has 0 aromatic heterocycles. The number of para-hydroxylation sites is 2. The highest BCUT2D eigenvalue weighted by Crippen LogP contribution is 2.50. The third-order valence-electron chi connectivity index (χ3n) is 15.5. The van der Waals surface area contributed by atoms with Crippen LogP contribution >= 0.6 is 0 Å². The number of rotatable bonds is 7. The Morgan fingerprint density at radius 1 is 0.311 bits per heavy atom. The third-order valence-corrected chi connectivity index (χ3v) is 15.5. The molecule has 368 valence electrons. The summed E-state index contributed by atoms with van der Waals surface area (Å²) in [5.41, 5.74) is 24.2. The van der Waals surface area contributed by atoms with Crippen molar-refractivity contribution in [2.45, 2.75) is 105 Å². The molecule has 9 aromatic rings. The normalized spacial score (nSPS) is 13.3. The van der Waals surface area contributed by atoms with E-state index in [1.807, 2.05) is 0 Å². The van der Waals surface area contributed by atoms with Gasteiger partial charge in [0.1, 0.15) is 0 Å². The van der Waals surface area contributed by atoms with E-state index in [1.54, 1.807) is 0 Å². The lowest BCUT2D eigenvalue weighted by Gasteiger charge is -2.46. The van der Waals surface area contributed by atoms with Crippen LogP contribution in [0, 0.1) is 0 Å². The number of benzene rings is 9. The summed E-state index contributed by atoms with van der Waals surface area (Å²) >= 11 is 0. The molecule has 0 bridgehead atoms. The fourth-order valence-corrected chi connectivity index (χ4v) is 11.2. The van der Waals surface area contributed by atoms with Crippen molar-refractivity contribution in [2.75, 3.05) is 14.7 Å². The van der Waals surface area contributed by atoms with Crippen LogP contribution in [0.2, 0.25) is 0 Å². The number of nitrogens with zero attached hydrogens (tertiary/aromatic N) is 3. The second-order valence-corrected chi connectivity index (χ2v) is 24.8. The van der Waals surface area contributed by atoms with E-state index in [2.05, 4.69) is 304 Å². The van der Waals surface area contributed by atoms with E-state index in [1.165, 1.54) is 89.3 Å². The average molecular weight is 964 g/mol. The minimum atomic E-state index is -0.170. The molecule has 11 rings (SSSR count). The topological polar surface area (TPSA) is 9.72 Å². The van der Waals surface area contributed by atoms with Crippen LogP contribution in [0.5, 0.6) is 0 Å². The maximum atomic E-state index is 2.63. The number of hydrogen-bond acceptors (Lipinski definition) is 3. The number of hydrogen-bond donors (Lipinski definition) is 0. The Balaban J connectivity index is 1.23. The van der Waals surface area contributed by atoms with Crippen molar-refractivity contribution in [1.82, 2.24) is 0 Å². The molecule has 0 N–H and O–H groups in total. The molecule has 74 heavy (non-hydrogen) atoms. The first kappa shape index (κ1) is 48.7. The van der Waals surface area contributed by atoms with Gasteiger partial charge >= 0.3 is 0 Å². The highest BCUT2D eigenvalue weighted by molar-refractivity contribution is 7.00. The summed E-state index contributed by atoms with van der Waals surface area (Å²) in [4.78, 5) is 7.62. The lowest BCUT2D eigenvalue weighted by atomic mass is 9.33. The molecule has 2 heterocycles. The summed E-state index contributed by atoms with van der Waals surface area (Å²) in [6.07, 6.45) is 0. The first-order valence-corrected chi connectivity index (χ1v) is 26.6. The van der Waals surface area contributed by atoms with Gasteiger partial charge in [0.15, 0.2) is 0 Å². The van der Waals surface area contributed by atoms with Crippen LogP contribution in [0.3, 0.4) is 0 Å². The Kier molecular flexibility index (Phi) is 11.9. The van der Waals surface area contributed by atoms with E-state index in [0.717, 1.165) is 22.7 Å². The van der Waals surface area contributed by atoms with E-state index >= 15 is 0 Å². The lowest BCUT2D eigenvalue weighted by Crippen LogP contribution is -2.61. The average Bonchev–Trinajstić information content (AvgIpc) is 3.38. The van der Waals surface area contributed by atoms with Gasteiger partial charge < -0.3 is 14.7 Å². The molecule has 0 atom stereocenters. The van der Waals surface area contributed by atoms with E-state index in [9.17, 15) is 0 Å². The zero-order valence-corrected chi connectivity index (χ0v) is 45.5. The maximum Gasteiger partial charge on any atom is 0.252 e. The van der Waals surface area contributed by atoms with Gasteiger partial charge in [-0.25, -0.2) is 0 Å². The molecule has 0 radical (unpaired) electrons. The summed E-state index contributed by atoms with van der Waals surface area (Å²) < 4.78 is 0. The van der Waals surface area contributed by atoms with E-state index in [4.69, 9.17) is 0 Å². The quantitative estimate of drug-likeness (QED) is 0.147. The Morgan fingerprint density at radius 3 is 1.34 bits per heavy atom. The summed E-state index contributed by atoms with van der Waals surface area (Å²) in [5, 5.41) is 0. The fourth-order valence-electron chi connectivity index (χ4n) is 11.2. The Labute approximate surface area is 442 Å². The molecular weight excluding hydrogens is 894 g/mol. The van der Waals surface area contributed by atoms with Gasteiger partial charge in [-0.05, 0) is 156 Å². The van der Waals surface area contributed by atoms with Gasteiger partial charge in [-0.15, -0.1) is 0 Å². The number of anilines is 9. The van der Waals surface area contributed by atoms with E-state index in [-0.39, 0.29) is 28.4 Å². The van der Waals surface area contributed by atoms with Gasteiger partial charge in [0.05, 0.1) is 5.69 Å². The summed E-state index contributed by atoms with van der Waals surface area (Å²) in [6.45, 7) is 28.0. The van der Waals surface area contributed by atoms with E-state index < -0.39 is 0 Å². The highest BCUT2D eigenvalue weighted by Gasteiger charge is 2.45. The monoisotopic (exact) mass is 964 g/mol. The van der Waals surface area contributed by atoms with Gasteiger partial charge in [0.25, 0.3) is 6.71 Å². The van der Waals surface area contributed by atoms with E-state index in [0.29, 0.717) is 0 Å². The van der Waals surface area contributed by atoms with Crippen molar-refractivity contribution in [3.8, 4) is 22.3 Å². The zero-order valence-electron chi connectivity index (χ0n) is 45.5. The molecule has 0 amide bonds. The summed E-state index contributed by atoms with van der Waals surface area (Å²) in [6, 6.07) is 77.9. The van der Waals surface area contributed by atoms with Crippen LogP contribution in [0.25, 0.3) is 22.3 Å². The van der Waals surface area contributed by atoms with Crippen LogP contribution in [0.15, 0.2) is 206 Å². The predicted octanol–water partition coefficient (Wildman–Crippen LogP) is 17.8. The van der Waals surface area contributed by atoms with Crippen molar-refractivity contribution < 1.29 is 0 Å². The zero-order chi connectivity index (χ0) is 51.9. The van der Waals surface area contributed by atoms with Crippen LogP contribution < -0.4 is 31.1 Å². The molecule has 0 saturated heterocycles. The van der Waals surface area contributed by atoms with Crippen molar-refractivity contribution in [1.29, 1.82) is 0 Å². The van der Waals surface area contributed by atoms with Crippen LogP contribution in [0.1, 0.15) is 105 Å². The van der Waals surface area contributed by atoms with Crippen molar-refractivity contribution in [3.05, 3.63) is 229 Å². The minimum Gasteiger partial charge on any atom is -0.311 e. The first-order valence-electron chi connectivity index (χ1n) is 26.6. The molecule has 0 aliphatic carbocycles. The number of fused-ring (bicyclic) bond motifs is 4. The summed E-state index contributed by atoms with van der Waals surface area (Å²) in [7, 11) is 0. The van der Waals surface area contributed by atoms with Crippen LogP contribution in [-0.4, -0.2) is 6.71 Å². The summed E-state index contributed by atoms with van der Waals surface area (Å²) in [5.74, 6) is 0.